The van der Waals surface area contributed by atoms with Crippen molar-refractivity contribution in [2.75, 3.05) is 6.61 Å². The van der Waals surface area contributed by atoms with E-state index in [9.17, 15) is 34.5 Å². The lowest BCUT2D eigenvalue weighted by atomic mass is 9.53. The fourth-order valence-electron chi connectivity index (χ4n) is 7.62. The number of phosphoric ester groups is 1. The number of ether oxygens (including phenoxy) is 1. The zero-order valence-electron chi connectivity index (χ0n) is 19.8. The van der Waals surface area contributed by atoms with E-state index >= 15 is 0 Å². The third-order valence-corrected chi connectivity index (χ3v) is 9.91. The topological polar surface area (TPSA) is 171 Å². The monoisotopic (exact) mass is 513 g/mol. The van der Waals surface area contributed by atoms with Gasteiger partial charge in [0.2, 0.25) is 5.91 Å². The maximum atomic E-state index is 12.6. The van der Waals surface area contributed by atoms with E-state index in [1.54, 1.807) is 6.08 Å². The molecule has 11 heteroatoms. The van der Waals surface area contributed by atoms with Crippen molar-refractivity contribution >= 4 is 13.7 Å². The van der Waals surface area contributed by atoms with Gasteiger partial charge in [-0.3, -0.25) is 4.79 Å². The molecule has 0 aromatic carbocycles. The highest BCUT2D eigenvalue weighted by molar-refractivity contribution is 7.43. The molecule has 3 aliphatic heterocycles. The summed E-state index contributed by atoms with van der Waals surface area (Å²) in [5.41, 5.74) is -1.04. The van der Waals surface area contributed by atoms with Crippen molar-refractivity contribution in [3.63, 3.8) is 0 Å². The number of rotatable bonds is 4. The number of hydrogen-bond donors (Lipinski definition) is 4. The van der Waals surface area contributed by atoms with Crippen LogP contribution in [0.4, 0.5) is 0 Å². The molecule has 3 aliphatic carbocycles. The number of hydrogen-bond acceptors (Lipinski definition) is 9. The molecule has 0 radical (unpaired) electrons. The highest BCUT2D eigenvalue weighted by atomic mass is 31.2. The van der Waals surface area contributed by atoms with Gasteiger partial charge in [0.05, 0.1) is 32.2 Å². The summed E-state index contributed by atoms with van der Waals surface area (Å²) in [6.45, 7) is -0.657. The number of nitrogens with one attached hydrogen (secondary N) is 1. The molecule has 3 saturated carbocycles. The van der Waals surface area contributed by atoms with E-state index in [4.69, 9.17) is 4.74 Å². The average molecular weight is 514 g/mol. The third kappa shape index (κ3) is 4.66. The quantitative estimate of drug-likeness (QED) is 0.374. The number of aliphatic hydroxyl groups is 3. The molecule has 3 bridgehead atoms. The Morgan fingerprint density at radius 3 is 2.49 bits per heavy atom. The summed E-state index contributed by atoms with van der Waals surface area (Å²) in [6.07, 6.45) is 7.01. The zero-order valence-corrected chi connectivity index (χ0v) is 20.7. The van der Waals surface area contributed by atoms with Crippen LogP contribution < -0.4 is 15.1 Å². The summed E-state index contributed by atoms with van der Waals surface area (Å²) in [5, 5.41) is 36.2. The van der Waals surface area contributed by atoms with E-state index in [1.165, 1.54) is 0 Å². The van der Waals surface area contributed by atoms with Gasteiger partial charge in [0.25, 0.3) is 0 Å². The van der Waals surface area contributed by atoms with Crippen LogP contribution in [0.5, 0.6) is 0 Å². The number of allylic oxidation sites excluding steroid dienone is 1. The second-order valence-electron chi connectivity index (χ2n) is 11.3. The third-order valence-electron chi connectivity index (χ3n) is 9.45. The number of carbonyl (C=O) groups excluding carboxylic acids is 1. The average Bonchev–Trinajstić information content (AvgIpc) is 3.42. The number of aliphatic hydroxyl groups excluding tert-OH is 3. The summed E-state index contributed by atoms with van der Waals surface area (Å²) in [4.78, 5) is 34.6. The lowest BCUT2D eigenvalue weighted by Gasteiger charge is -2.57. The molecule has 198 valence electrons. The number of fused-ring (bicyclic) bond motifs is 2. The molecule has 0 aromatic heterocycles. The van der Waals surface area contributed by atoms with Crippen molar-refractivity contribution in [3.8, 4) is 0 Å². The minimum absolute atomic E-state index is 0.0332. The van der Waals surface area contributed by atoms with Gasteiger partial charge < -0.3 is 44.2 Å². The Morgan fingerprint density at radius 2 is 1.77 bits per heavy atom. The summed E-state index contributed by atoms with van der Waals surface area (Å²) in [5.74, 6) is -0.470. The van der Waals surface area contributed by atoms with E-state index in [-0.39, 0.29) is 23.7 Å². The van der Waals surface area contributed by atoms with Crippen molar-refractivity contribution in [1.29, 1.82) is 0 Å². The smallest absolute Gasteiger partial charge is 0.244 e. The first-order valence-electron chi connectivity index (χ1n) is 12.9. The fourth-order valence-corrected chi connectivity index (χ4v) is 7.95. The summed E-state index contributed by atoms with van der Waals surface area (Å²) in [6, 6.07) is 0. The lowest BCUT2D eigenvalue weighted by Crippen LogP contribution is -2.70. The molecule has 1 saturated heterocycles. The van der Waals surface area contributed by atoms with Crippen molar-refractivity contribution in [1.82, 2.24) is 5.32 Å². The lowest BCUT2D eigenvalue weighted by molar-refractivity contribution is -0.343. The predicted octanol–water partition coefficient (Wildman–Crippen LogP) is -0.117. The molecule has 6 aliphatic rings. The molecule has 4 fully saturated rings. The van der Waals surface area contributed by atoms with E-state index in [2.05, 4.69) is 9.84 Å². The Labute approximate surface area is 205 Å². The number of phosphoric acid groups is 1. The second kappa shape index (κ2) is 9.48. The molecular weight excluding hydrogens is 477 g/mol. The van der Waals surface area contributed by atoms with Gasteiger partial charge in [-0.2, -0.15) is 0 Å². The summed E-state index contributed by atoms with van der Waals surface area (Å²) < 4.78 is 21.3. The van der Waals surface area contributed by atoms with Crippen LogP contribution >= 0.6 is 7.82 Å². The maximum Gasteiger partial charge on any atom is 0.244 e. The van der Waals surface area contributed by atoms with E-state index in [0.29, 0.717) is 12.8 Å². The summed E-state index contributed by atoms with van der Waals surface area (Å²) in [7, 11) is -5.26. The van der Waals surface area contributed by atoms with Gasteiger partial charge in [-0.1, -0.05) is 44.6 Å². The minimum atomic E-state index is -5.26. The molecule has 6 rings (SSSR count). The Kier molecular flexibility index (Phi) is 6.98. The van der Waals surface area contributed by atoms with Gasteiger partial charge in [-0.15, -0.1) is 0 Å². The van der Waals surface area contributed by atoms with Crippen LogP contribution in [0.1, 0.15) is 64.2 Å². The first-order valence-corrected chi connectivity index (χ1v) is 14.4. The van der Waals surface area contributed by atoms with Gasteiger partial charge in [-0.05, 0) is 54.9 Å². The van der Waals surface area contributed by atoms with Gasteiger partial charge in [0.15, 0.2) is 0 Å². The Morgan fingerprint density at radius 1 is 1.06 bits per heavy atom. The van der Waals surface area contributed by atoms with E-state index in [1.807, 2.05) is 6.08 Å². The van der Waals surface area contributed by atoms with Gasteiger partial charge in [0.1, 0.15) is 18.3 Å². The van der Waals surface area contributed by atoms with E-state index in [0.717, 1.165) is 51.4 Å². The normalized spacial score (nSPS) is 49.1. The fraction of sp³-hybridized carbons (Fsp3) is 0.875. The molecule has 1 amide bonds. The molecule has 10 unspecified atom stereocenters. The number of amides is 1. The first kappa shape index (κ1) is 25.8. The zero-order chi connectivity index (χ0) is 25.0. The molecule has 4 N–H and O–H groups in total. The molecule has 10 atom stereocenters. The van der Waals surface area contributed by atoms with Crippen molar-refractivity contribution in [2.24, 2.45) is 23.2 Å². The first-order chi connectivity index (χ1) is 16.6. The minimum Gasteiger partial charge on any atom is -0.790 e. The molecule has 10 nitrogen and oxygen atoms in total. The SMILES string of the molecule is O=C1/C=C\C2CC23C(C2OC(COP(=O)([O-])[O-])C(O)C2O)CCCCCCCCC2(CC3C2O)N1. The van der Waals surface area contributed by atoms with Crippen LogP contribution in [-0.4, -0.2) is 63.9 Å². The largest absolute Gasteiger partial charge is 0.790 e. The van der Waals surface area contributed by atoms with Gasteiger partial charge in [0, 0.05) is 0 Å². The van der Waals surface area contributed by atoms with E-state index < -0.39 is 55.9 Å². The van der Waals surface area contributed by atoms with Crippen LogP contribution in [0.25, 0.3) is 0 Å². The Bertz CT molecular complexity index is 894. The van der Waals surface area contributed by atoms with Gasteiger partial charge >= 0.3 is 0 Å². The van der Waals surface area contributed by atoms with Crippen LogP contribution in [-0.2, 0) is 18.6 Å². The van der Waals surface area contributed by atoms with Crippen molar-refractivity contribution in [3.05, 3.63) is 12.2 Å². The highest BCUT2D eigenvalue weighted by Crippen LogP contribution is 2.72. The van der Waals surface area contributed by atoms with Crippen LogP contribution in [0.15, 0.2) is 12.2 Å². The Hall–Kier alpha value is -0.840. The maximum absolute atomic E-state index is 12.6. The van der Waals surface area contributed by atoms with Crippen LogP contribution in [0.2, 0.25) is 0 Å². The van der Waals surface area contributed by atoms with Crippen molar-refractivity contribution < 1.29 is 43.7 Å². The number of carbonyl (C=O) groups is 1. The Balaban J connectivity index is 1.46. The van der Waals surface area contributed by atoms with Crippen LogP contribution in [0.3, 0.4) is 0 Å². The van der Waals surface area contributed by atoms with Crippen LogP contribution in [0, 0.1) is 23.2 Å². The van der Waals surface area contributed by atoms with Gasteiger partial charge in [-0.25, -0.2) is 0 Å². The molecule has 35 heavy (non-hydrogen) atoms. The molecule has 0 aromatic rings. The predicted molar refractivity (Wildman–Crippen MR) is 119 cm³/mol. The molecule has 1 spiro atoms. The molecular formula is C24H36NO9P-2. The standard InChI is InChI=1S/C24H38NO9P/c26-18-9-8-14-11-24(14)15(21-20(28)19(27)17(34-21)13-33-35(30,31)32)7-5-3-1-2-4-6-10-23(25-18)12-16(24)22(23)29/h8-9,14-17,19-22,27-29H,1-7,10-13H2,(H,25,26)(H2,30,31,32)/p-2/b9-8-. The van der Waals surface area contributed by atoms with Crippen molar-refractivity contribution in [2.45, 2.75) is 100 Å². The second-order valence-corrected chi connectivity index (χ2v) is 12.5. The highest BCUT2D eigenvalue weighted by Gasteiger charge is 2.72. The molecule has 3 heterocycles. The summed E-state index contributed by atoms with van der Waals surface area (Å²) >= 11 is 0.